The monoisotopic (exact) mass is 398 g/mol. The van der Waals surface area contributed by atoms with Crippen molar-refractivity contribution < 1.29 is 4.74 Å². The number of ether oxygens (including phenoxy) is 1. The van der Waals surface area contributed by atoms with Gasteiger partial charge in [0, 0.05) is 11.9 Å². The lowest BCUT2D eigenvalue weighted by molar-refractivity contribution is 0.480. The summed E-state index contributed by atoms with van der Waals surface area (Å²) in [5.41, 5.74) is 0.987. The summed E-state index contributed by atoms with van der Waals surface area (Å²) in [6.07, 6.45) is 0. The lowest BCUT2D eigenvalue weighted by atomic mass is 10.2. The fraction of sp³-hybridized carbons (Fsp3) is 0.0769. The van der Waals surface area contributed by atoms with Gasteiger partial charge in [-0.25, -0.2) is 0 Å². The van der Waals surface area contributed by atoms with Crippen molar-refractivity contribution in [3.8, 4) is 11.5 Å². The smallest absolute Gasteiger partial charge is 0.147 e. The molecule has 0 atom stereocenters. The zero-order valence-electron chi connectivity index (χ0n) is 9.39. The third-order valence-electron chi connectivity index (χ3n) is 2.35. The molecule has 1 nitrogen and oxygen atoms in total. The first kappa shape index (κ1) is 15.3. The van der Waals surface area contributed by atoms with Gasteiger partial charge in [-0.05, 0) is 39.7 Å². The molecule has 2 aromatic rings. The van der Waals surface area contributed by atoms with E-state index >= 15 is 0 Å². The summed E-state index contributed by atoms with van der Waals surface area (Å²) < 4.78 is 6.50. The van der Waals surface area contributed by atoms with Crippen molar-refractivity contribution in [1.29, 1.82) is 0 Å². The highest BCUT2D eigenvalue weighted by atomic mass is 79.9. The van der Waals surface area contributed by atoms with E-state index in [1.165, 1.54) is 0 Å². The van der Waals surface area contributed by atoms with Crippen molar-refractivity contribution in [1.82, 2.24) is 0 Å². The van der Waals surface area contributed by atoms with Crippen LogP contribution in [0.1, 0.15) is 5.56 Å². The molecule has 0 heterocycles. The van der Waals surface area contributed by atoms with Crippen LogP contribution in [0.3, 0.4) is 0 Å². The van der Waals surface area contributed by atoms with Gasteiger partial charge in [-0.3, -0.25) is 0 Å². The summed E-state index contributed by atoms with van der Waals surface area (Å²) in [6, 6.07) is 8.68. The van der Waals surface area contributed by atoms with E-state index in [1.807, 2.05) is 12.1 Å². The molecule has 0 aliphatic heterocycles. The van der Waals surface area contributed by atoms with Gasteiger partial charge in [0.25, 0.3) is 0 Å². The van der Waals surface area contributed by atoms with E-state index in [4.69, 9.17) is 51.1 Å². The summed E-state index contributed by atoms with van der Waals surface area (Å²) in [6.45, 7) is 0. The van der Waals surface area contributed by atoms with Crippen LogP contribution < -0.4 is 4.74 Å². The summed E-state index contributed by atoms with van der Waals surface area (Å²) in [7, 11) is 0. The highest BCUT2D eigenvalue weighted by molar-refractivity contribution is 9.10. The number of rotatable bonds is 3. The molecule has 0 spiro atoms. The van der Waals surface area contributed by atoms with Gasteiger partial charge in [-0.2, -0.15) is 0 Å². The average Bonchev–Trinajstić information content (AvgIpc) is 2.38. The molecule has 0 fully saturated rings. The van der Waals surface area contributed by atoms with Crippen molar-refractivity contribution in [3.05, 3.63) is 55.4 Å². The zero-order valence-corrected chi connectivity index (χ0v) is 14.0. The predicted octanol–water partition coefficient (Wildman–Crippen LogP) is 6.94. The van der Waals surface area contributed by atoms with Crippen LogP contribution in [0.5, 0.6) is 11.5 Å². The van der Waals surface area contributed by atoms with E-state index in [2.05, 4.69) is 15.9 Å². The maximum Gasteiger partial charge on any atom is 0.147 e. The molecule has 0 radical (unpaired) electrons. The van der Waals surface area contributed by atoms with Crippen LogP contribution in [0.25, 0.3) is 0 Å². The van der Waals surface area contributed by atoms with Gasteiger partial charge in [0.1, 0.15) is 11.5 Å². The minimum absolute atomic E-state index is 0.384. The molecule has 0 aromatic heterocycles. The Kier molecular flexibility index (Phi) is 5.27. The number of hydrogen-bond acceptors (Lipinski definition) is 1. The van der Waals surface area contributed by atoms with Crippen LogP contribution in [0.2, 0.25) is 15.1 Å². The molecular formula is C13H7BrCl4O. The fourth-order valence-corrected chi connectivity index (χ4v) is 2.66. The molecular weight excluding hydrogens is 394 g/mol. The van der Waals surface area contributed by atoms with Gasteiger partial charge in [0.05, 0.1) is 19.5 Å². The summed E-state index contributed by atoms with van der Waals surface area (Å²) in [5.74, 6) is 1.50. The third kappa shape index (κ3) is 3.71. The second-order valence-corrected chi connectivity index (χ2v) is 6.04. The Bertz CT molecular complexity index is 616. The maximum absolute atomic E-state index is 6.06. The largest absolute Gasteiger partial charge is 0.455 e. The van der Waals surface area contributed by atoms with Gasteiger partial charge in [-0.15, -0.1) is 11.6 Å². The van der Waals surface area contributed by atoms with Gasteiger partial charge in [-0.1, -0.05) is 40.9 Å². The molecule has 0 amide bonds. The molecule has 19 heavy (non-hydrogen) atoms. The predicted molar refractivity (Wildman–Crippen MR) is 85.2 cm³/mol. The van der Waals surface area contributed by atoms with Crippen molar-refractivity contribution >= 4 is 62.3 Å². The molecule has 0 aliphatic carbocycles. The van der Waals surface area contributed by atoms with Gasteiger partial charge in [0.15, 0.2) is 0 Å². The highest BCUT2D eigenvalue weighted by Gasteiger charge is 2.10. The molecule has 0 N–H and O–H groups in total. The normalized spacial score (nSPS) is 10.6. The third-order valence-corrected chi connectivity index (χ3v) is 4.29. The van der Waals surface area contributed by atoms with Crippen LogP contribution in [0.4, 0.5) is 0 Å². The topological polar surface area (TPSA) is 9.23 Å². The SMILES string of the molecule is ClCc1ccc(Oc2cc(Cl)c(Cl)cc2Cl)c(Br)c1. The van der Waals surface area contributed by atoms with Gasteiger partial charge >= 0.3 is 0 Å². The fourth-order valence-electron chi connectivity index (χ4n) is 1.41. The second kappa shape index (κ2) is 6.55. The Balaban J connectivity index is 2.33. The minimum Gasteiger partial charge on any atom is -0.455 e. The first-order valence-electron chi connectivity index (χ1n) is 5.18. The molecule has 2 aromatic carbocycles. The van der Waals surface area contributed by atoms with E-state index in [9.17, 15) is 0 Å². The van der Waals surface area contributed by atoms with Crippen LogP contribution >= 0.6 is 62.3 Å². The Morgan fingerprint density at radius 3 is 2.21 bits per heavy atom. The quantitative estimate of drug-likeness (QED) is 0.400. The Labute approximate surface area is 139 Å². The molecule has 6 heteroatoms. The van der Waals surface area contributed by atoms with Crippen molar-refractivity contribution in [2.45, 2.75) is 5.88 Å². The van der Waals surface area contributed by atoms with E-state index in [-0.39, 0.29) is 0 Å². The van der Waals surface area contributed by atoms with Crippen molar-refractivity contribution in [3.63, 3.8) is 0 Å². The lowest BCUT2D eigenvalue weighted by Gasteiger charge is -2.11. The van der Waals surface area contributed by atoms with Crippen molar-refractivity contribution in [2.24, 2.45) is 0 Å². The summed E-state index contributed by atoms with van der Waals surface area (Å²) in [4.78, 5) is 0. The van der Waals surface area contributed by atoms with E-state index < -0.39 is 0 Å². The second-order valence-electron chi connectivity index (χ2n) is 3.70. The minimum atomic E-state index is 0.384. The molecule has 100 valence electrons. The Morgan fingerprint density at radius 1 is 0.895 bits per heavy atom. The average molecular weight is 401 g/mol. The number of alkyl halides is 1. The van der Waals surface area contributed by atoms with E-state index in [0.29, 0.717) is 32.4 Å². The first-order chi connectivity index (χ1) is 9.01. The first-order valence-corrected chi connectivity index (χ1v) is 7.64. The highest BCUT2D eigenvalue weighted by Crippen LogP contribution is 2.38. The molecule has 0 aliphatic rings. The van der Waals surface area contributed by atoms with E-state index in [0.717, 1.165) is 10.0 Å². The van der Waals surface area contributed by atoms with Crippen LogP contribution in [0.15, 0.2) is 34.8 Å². The summed E-state index contributed by atoms with van der Waals surface area (Å²) >= 11 is 27.0. The molecule has 0 saturated heterocycles. The number of benzene rings is 2. The Morgan fingerprint density at radius 2 is 1.58 bits per heavy atom. The van der Waals surface area contributed by atoms with E-state index in [1.54, 1.807) is 18.2 Å². The lowest BCUT2D eigenvalue weighted by Crippen LogP contribution is -1.88. The number of hydrogen-bond donors (Lipinski definition) is 0. The van der Waals surface area contributed by atoms with Gasteiger partial charge < -0.3 is 4.74 Å². The number of halogens is 5. The molecule has 2 rings (SSSR count). The standard InChI is InChI=1S/C13H7BrCl4O/c14-8-3-7(6-15)1-2-12(8)19-13-5-10(17)9(16)4-11(13)18/h1-5H,6H2. The zero-order chi connectivity index (χ0) is 14.0. The summed E-state index contributed by atoms with van der Waals surface area (Å²) in [5, 5.41) is 1.16. The maximum atomic E-state index is 6.06. The molecule has 0 bridgehead atoms. The molecule has 0 saturated carbocycles. The van der Waals surface area contributed by atoms with Crippen LogP contribution in [-0.2, 0) is 5.88 Å². The van der Waals surface area contributed by atoms with Gasteiger partial charge in [0.2, 0.25) is 0 Å². The Hall–Kier alpha value is -0.120. The van der Waals surface area contributed by atoms with Crippen LogP contribution in [0, 0.1) is 0 Å². The van der Waals surface area contributed by atoms with Crippen LogP contribution in [-0.4, -0.2) is 0 Å². The van der Waals surface area contributed by atoms with Crippen molar-refractivity contribution in [2.75, 3.05) is 0 Å². The molecule has 0 unspecified atom stereocenters.